The minimum absolute atomic E-state index is 0.162. The van der Waals surface area contributed by atoms with Gasteiger partial charge in [0.05, 0.1) is 11.2 Å². The van der Waals surface area contributed by atoms with Crippen molar-refractivity contribution in [3.63, 3.8) is 0 Å². The Morgan fingerprint density at radius 2 is 2.04 bits per heavy atom. The van der Waals surface area contributed by atoms with Crippen molar-refractivity contribution in [2.24, 2.45) is 22.7 Å². The maximum Gasteiger partial charge on any atom is 0.143 e. The van der Waals surface area contributed by atoms with E-state index in [1.165, 1.54) is 16.7 Å². The van der Waals surface area contributed by atoms with Crippen molar-refractivity contribution in [3.8, 4) is 0 Å². The standard InChI is InChI=1S/C22H26O2/c1-21-9-7-19-18-5-2-14-12-15(3-4-16(23)13-14)17(18)6-11-22(19,21)20(24)8-10-21/h2,5,7,13,15,17,23H,3-4,6,8-12H2,1H3/t15-,17?,21+,22-/m1/s1. The highest BCUT2D eigenvalue weighted by Gasteiger charge is 2.63. The first-order valence-corrected chi connectivity index (χ1v) is 9.58. The van der Waals surface area contributed by atoms with Crippen molar-refractivity contribution in [2.45, 2.75) is 58.3 Å². The number of hydrogen-bond acceptors (Lipinski definition) is 2. The molecule has 5 aliphatic carbocycles. The molecule has 5 rings (SSSR count). The van der Waals surface area contributed by atoms with Crippen molar-refractivity contribution in [2.75, 3.05) is 0 Å². The van der Waals surface area contributed by atoms with Crippen LogP contribution in [-0.4, -0.2) is 10.9 Å². The average Bonchev–Trinajstić information content (AvgIpc) is 2.82. The van der Waals surface area contributed by atoms with Gasteiger partial charge in [-0.2, -0.15) is 0 Å². The van der Waals surface area contributed by atoms with Crippen LogP contribution < -0.4 is 0 Å². The highest BCUT2D eigenvalue weighted by Crippen LogP contribution is 2.68. The Morgan fingerprint density at radius 3 is 2.92 bits per heavy atom. The number of aliphatic hydroxyl groups is 1. The van der Waals surface area contributed by atoms with Crippen LogP contribution in [0.2, 0.25) is 0 Å². The van der Waals surface area contributed by atoms with E-state index in [1.54, 1.807) is 0 Å². The van der Waals surface area contributed by atoms with Gasteiger partial charge in [-0.3, -0.25) is 4.79 Å². The van der Waals surface area contributed by atoms with Crippen LogP contribution in [-0.2, 0) is 4.79 Å². The van der Waals surface area contributed by atoms with Crippen LogP contribution in [0, 0.1) is 22.7 Å². The van der Waals surface area contributed by atoms with Gasteiger partial charge in [0.25, 0.3) is 0 Å². The smallest absolute Gasteiger partial charge is 0.143 e. The van der Waals surface area contributed by atoms with E-state index in [2.05, 4.69) is 25.2 Å². The maximum absolute atomic E-state index is 13.0. The van der Waals surface area contributed by atoms with E-state index in [9.17, 15) is 9.90 Å². The van der Waals surface area contributed by atoms with Crippen molar-refractivity contribution < 1.29 is 9.90 Å². The minimum atomic E-state index is -0.180. The molecule has 2 saturated carbocycles. The quantitative estimate of drug-likeness (QED) is 0.666. The normalized spacial score (nSPS) is 43.5. The molecule has 2 heteroatoms. The highest BCUT2D eigenvalue weighted by molar-refractivity contribution is 5.93. The van der Waals surface area contributed by atoms with Gasteiger partial charge in [0, 0.05) is 12.8 Å². The lowest BCUT2D eigenvalue weighted by atomic mass is 9.55. The molecule has 126 valence electrons. The third kappa shape index (κ3) is 1.70. The van der Waals surface area contributed by atoms with Crippen LogP contribution in [0.15, 0.2) is 46.8 Å². The van der Waals surface area contributed by atoms with Crippen LogP contribution >= 0.6 is 0 Å². The second kappa shape index (κ2) is 4.74. The Kier molecular flexibility index (Phi) is 2.91. The number of Topliss-reactive ketones (excluding diaryl/α,β-unsaturated/α-hetero) is 1. The van der Waals surface area contributed by atoms with Crippen LogP contribution in [0.5, 0.6) is 0 Å². The summed E-state index contributed by atoms with van der Waals surface area (Å²) in [7, 11) is 0. The Morgan fingerprint density at radius 1 is 1.17 bits per heavy atom. The fourth-order valence-corrected chi connectivity index (χ4v) is 6.52. The van der Waals surface area contributed by atoms with Crippen LogP contribution in [0.25, 0.3) is 0 Å². The van der Waals surface area contributed by atoms with Gasteiger partial charge in [-0.1, -0.05) is 25.2 Å². The van der Waals surface area contributed by atoms with Gasteiger partial charge in [-0.25, -0.2) is 0 Å². The lowest BCUT2D eigenvalue weighted by Crippen LogP contribution is -2.43. The first-order valence-electron chi connectivity index (χ1n) is 9.58. The van der Waals surface area contributed by atoms with E-state index in [4.69, 9.17) is 0 Å². The first kappa shape index (κ1) is 14.7. The van der Waals surface area contributed by atoms with E-state index in [0.717, 1.165) is 51.4 Å². The maximum atomic E-state index is 13.0. The van der Waals surface area contributed by atoms with Gasteiger partial charge in [0.2, 0.25) is 0 Å². The summed E-state index contributed by atoms with van der Waals surface area (Å²) in [5.41, 5.74) is 4.08. The molecule has 4 atom stereocenters. The minimum Gasteiger partial charge on any atom is -0.512 e. The number of fused-ring (bicyclic) bond motifs is 5. The van der Waals surface area contributed by atoms with Crippen molar-refractivity contribution in [1.82, 2.24) is 0 Å². The topological polar surface area (TPSA) is 37.3 Å². The van der Waals surface area contributed by atoms with Gasteiger partial charge >= 0.3 is 0 Å². The second-order valence-electron chi connectivity index (χ2n) is 8.86. The predicted octanol–water partition coefficient (Wildman–Crippen LogP) is 5.19. The number of ketones is 1. The molecule has 1 unspecified atom stereocenters. The molecule has 2 nitrogen and oxygen atoms in total. The Hall–Kier alpha value is -1.57. The molecule has 0 saturated heterocycles. The number of carbonyl (C=O) groups is 1. The Labute approximate surface area is 144 Å². The monoisotopic (exact) mass is 322 g/mol. The molecule has 0 aliphatic heterocycles. The van der Waals surface area contributed by atoms with E-state index < -0.39 is 0 Å². The molecule has 24 heavy (non-hydrogen) atoms. The molecular weight excluding hydrogens is 296 g/mol. The molecule has 1 spiro atoms. The lowest BCUT2D eigenvalue weighted by Gasteiger charge is -2.47. The van der Waals surface area contributed by atoms with Crippen LogP contribution in [0.4, 0.5) is 0 Å². The molecule has 0 amide bonds. The van der Waals surface area contributed by atoms with Crippen LogP contribution in [0.1, 0.15) is 58.3 Å². The highest BCUT2D eigenvalue weighted by atomic mass is 16.3. The molecule has 0 heterocycles. The van der Waals surface area contributed by atoms with Gasteiger partial charge in [-0.15, -0.1) is 0 Å². The third-order valence-corrected chi connectivity index (χ3v) is 7.83. The molecule has 2 bridgehead atoms. The number of hydrogen-bond donors (Lipinski definition) is 1. The summed E-state index contributed by atoms with van der Waals surface area (Å²) in [5, 5.41) is 10.0. The molecule has 0 aromatic carbocycles. The molecule has 2 fully saturated rings. The largest absolute Gasteiger partial charge is 0.512 e. The second-order valence-corrected chi connectivity index (χ2v) is 8.86. The summed E-state index contributed by atoms with van der Waals surface area (Å²) in [6.45, 7) is 2.35. The fourth-order valence-electron chi connectivity index (χ4n) is 6.52. The SMILES string of the molecule is C[C@@]12CC=C3C4=CC=C5C=C(O)CC[C@H](C5)C4CC[C@]31C(=O)CC2. The lowest BCUT2D eigenvalue weighted by molar-refractivity contribution is -0.127. The van der Waals surface area contributed by atoms with E-state index in [-0.39, 0.29) is 10.8 Å². The van der Waals surface area contributed by atoms with Crippen molar-refractivity contribution in [3.05, 3.63) is 46.8 Å². The zero-order valence-corrected chi connectivity index (χ0v) is 14.5. The Balaban J connectivity index is 1.63. The number of allylic oxidation sites excluding steroid dienone is 8. The molecule has 1 N–H and O–H groups in total. The summed E-state index contributed by atoms with van der Waals surface area (Å²) in [6.07, 6.45) is 16.9. The van der Waals surface area contributed by atoms with Gasteiger partial charge < -0.3 is 5.11 Å². The zero-order valence-electron chi connectivity index (χ0n) is 14.5. The summed E-state index contributed by atoms with van der Waals surface area (Å²) in [5.74, 6) is 2.20. The number of carbonyl (C=O) groups excluding carboxylic acids is 1. The van der Waals surface area contributed by atoms with Gasteiger partial charge in [-0.05, 0) is 78.6 Å². The summed E-state index contributed by atoms with van der Waals surface area (Å²) in [6, 6.07) is 0. The number of rotatable bonds is 0. The van der Waals surface area contributed by atoms with Crippen molar-refractivity contribution >= 4 is 5.78 Å². The fraction of sp³-hybridized carbons (Fsp3) is 0.591. The zero-order chi connectivity index (χ0) is 16.5. The van der Waals surface area contributed by atoms with E-state index in [0.29, 0.717) is 23.4 Å². The van der Waals surface area contributed by atoms with Crippen molar-refractivity contribution in [1.29, 1.82) is 0 Å². The first-order chi connectivity index (χ1) is 11.5. The van der Waals surface area contributed by atoms with E-state index in [1.807, 2.05) is 6.08 Å². The molecular formula is C22H26O2. The summed E-state index contributed by atoms with van der Waals surface area (Å²) in [4.78, 5) is 13.0. The molecule has 0 aromatic rings. The predicted molar refractivity (Wildman–Crippen MR) is 94.4 cm³/mol. The summed E-state index contributed by atoms with van der Waals surface area (Å²) >= 11 is 0. The summed E-state index contributed by atoms with van der Waals surface area (Å²) < 4.78 is 0. The Bertz CT molecular complexity index is 750. The van der Waals surface area contributed by atoms with E-state index >= 15 is 0 Å². The molecule has 0 radical (unpaired) electrons. The number of aliphatic hydroxyl groups excluding tert-OH is 1. The van der Waals surface area contributed by atoms with Gasteiger partial charge in [0.15, 0.2) is 0 Å². The van der Waals surface area contributed by atoms with Crippen LogP contribution in [0.3, 0.4) is 0 Å². The third-order valence-electron chi connectivity index (χ3n) is 7.83. The van der Waals surface area contributed by atoms with Gasteiger partial charge in [0.1, 0.15) is 5.78 Å². The molecule has 0 aromatic heterocycles. The average molecular weight is 322 g/mol. The molecule has 5 aliphatic rings.